The fourth-order valence-electron chi connectivity index (χ4n) is 1.33. The standard InChI is InChI=1S/C11H25N3O2/c1-4-14(5-2)8-6-13-11(15)10-12-7-9-16-3/h12H,4-10H2,1-3H3,(H,13,15). The smallest absolute Gasteiger partial charge is 0.234 e. The van der Waals surface area contributed by atoms with E-state index in [2.05, 4.69) is 29.4 Å². The number of rotatable bonds is 10. The number of amides is 1. The van der Waals surface area contributed by atoms with E-state index in [0.29, 0.717) is 26.2 Å². The minimum atomic E-state index is 0.0447. The average molecular weight is 231 g/mol. The molecular weight excluding hydrogens is 206 g/mol. The second-order valence-corrected chi connectivity index (χ2v) is 3.55. The number of likely N-dealkylation sites (N-methyl/N-ethyl adjacent to an activating group) is 1. The van der Waals surface area contributed by atoms with Crippen molar-refractivity contribution in [1.29, 1.82) is 0 Å². The van der Waals surface area contributed by atoms with Crippen LogP contribution in [-0.4, -0.2) is 63.8 Å². The Kier molecular flexibility index (Phi) is 10.4. The van der Waals surface area contributed by atoms with Crippen molar-refractivity contribution in [2.45, 2.75) is 13.8 Å². The summed E-state index contributed by atoms with van der Waals surface area (Å²) >= 11 is 0. The van der Waals surface area contributed by atoms with Gasteiger partial charge >= 0.3 is 0 Å². The minimum absolute atomic E-state index is 0.0447. The SMILES string of the molecule is CCN(CC)CCNC(=O)CNCCOC. The Bertz CT molecular complexity index is 173. The van der Waals surface area contributed by atoms with Crippen LogP contribution in [0, 0.1) is 0 Å². The number of hydrogen-bond donors (Lipinski definition) is 2. The molecule has 0 unspecified atom stereocenters. The molecule has 0 heterocycles. The number of hydrogen-bond acceptors (Lipinski definition) is 4. The summed E-state index contributed by atoms with van der Waals surface area (Å²) in [6.07, 6.45) is 0. The third-order valence-electron chi connectivity index (χ3n) is 2.41. The zero-order valence-corrected chi connectivity index (χ0v) is 10.7. The molecule has 0 aromatic rings. The number of ether oxygens (including phenoxy) is 1. The third kappa shape index (κ3) is 8.64. The summed E-state index contributed by atoms with van der Waals surface area (Å²) in [4.78, 5) is 13.6. The second kappa shape index (κ2) is 10.9. The molecule has 0 spiro atoms. The van der Waals surface area contributed by atoms with Crippen LogP contribution in [0.15, 0.2) is 0 Å². The molecule has 0 aliphatic rings. The summed E-state index contributed by atoms with van der Waals surface area (Å²) in [5.41, 5.74) is 0. The van der Waals surface area contributed by atoms with Gasteiger partial charge in [-0.2, -0.15) is 0 Å². The summed E-state index contributed by atoms with van der Waals surface area (Å²) in [7, 11) is 1.64. The molecule has 0 atom stereocenters. The molecule has 0 saturated heterocycles. The molecule has 0 rings (SSSR count). The van der Waals surface area contributed by atoms with E-state index in [1.807, 2.05) is 0 Å². The number of methoxy groups -OCH3 is 1. The van der Waals surface area contributed by atoms with Crippen LogP contribution >= 0.6 is 0 Å². The normalized spacial score (nSPS) is 10.8. The van der Waals surface area contributed by atoms with Gasteiger partial charge in [-0.3, -0.25) is 4.79 Å². The quantitative estimate of drug-likeness (QED) is 0.506. The maximum atomic E-state index is 11.3. The number of nitrogens with zero attached hydrogens (tertiary/aromatic N) is 1. The molecule has 0 bridgehead atoms. The minimum Gasteiger partial charge on any atom is -0.383 e. The Hall–Kier alpha value is -0.650. The monoisotopic (exact) mass is 231 g/mol. The Balaban J connectivity index is 3.36. The van der Waals surface area contributed by atoms with Gasteiger partial charge < -0.3 is 20.3 Å². The molecule has 1 amide bonds. The number of carbonyl (C=O) groups excluding carboxylic acids is 1. The zero-order valence-electron chi connectivity index (χ0n) is 10.7. The molecule has 2 N–H and O–H groups in total. The van der Waals surface area contributed by atoms with Crippen molar-refractivity contribution in [3.8, 4) is 0 Å². The van der Waals surface area contributed by atoms with Crippen LogP contribution in [0.5, 0.6) is 0 Å². The molecule has 0 aliphatic heterocycles. The third-order valence-corrected chi connectivity index (χ3v) is 2.41. The molecule has 5 nitrogen and oxygen atoms in total. The van der Waals surface area contributed by atoms with E-state index in [0.717, 1.165) is 19.6 Å². The van der Waals surface area contributed by atoms with Crippen molar-refractivity contribution in [2.75, 3.05) is 53.0 Å². The lowest BCUT2D eigenvalue weighted by atomic mass is 10.4. The van der Waals surface area contributed by atoms with Gasteiger partial charge in [-0.1, -0.05) is 13.8 Å². The van der Waals surface area contributed by atoms with Crippen molar-refractivity contribution in [1.82, 2.24) is 15.5 Å². The zero-order chi connectivity index (χ0) is 12.2. The van der Waals surface area contributed by atoms with Crippen LogP contribution in [0.1, 0.15) is 13.8 Å². The maximum Gasteiger partial charge on any atom is 0.234 e. The lowest BCUT2D eigenvalue weighted by molar-refractivity contribution is -0.120. The Labute approximate surface area is 98.5 Å². The van der Waals surface area contributed by atoms with Crippen molar-refractivity contribution < 1.29 is 9.53 Å². The lowest BCUT2D eigenvalue weighted by Gasteiger charge is -2.17. The predicted octanol–water partition coefficient (Wildman–Crippen LogP) is -0.320. The summed E-state index contributed by atoms with van der Waals surface area (Å²) in [5, 5.41) is 5.88. The Morgan fingerprint density at radius 2 is 1.94 bits per heavy atom. The summed E-state index contributed by atoms with van der Waals surface area (Å²) in [6, 6.07) is 0. The molecule has 0 fully saturated rings. The van der Waals surface area contributed by atoms with Crippen LogP contribution in [0.4, 0.5) is 0 Å². The van der Waals surface area contributed by atoms with E-state index in [1.54, 1.807) is 7.11 Å². The van der Waals surface area contributed by atoms with Crippen LogP contribution < -0.4 is 10.6 Å². The van der Waals surface area contributed by atoms with E-state index >= 15 is 0 Å². The summed E-state index contributed by atoms with van der Waals surface area (Å²) in [5.74, 6) is 0.0447. The van der Waals surface area contributed by atoms with Crippen molar-refractivity contribution >= 4 is 5.91 Å². The fraction of sp³-hybridized carbons (Fsp3) is 0.909. The predicted molar refractivity (Wildman–Crippen MR) is 65.5 cm³/mol. The van der Waals surface area contributed by atoms with Crippen molar-refractivity contribution in [2.24, 2.45) is 0 Å². The highest BCUT2D eigenvalue weighted by Crippen LogP contribution is 1.83. The van der Waals surface area contributed by atoms with E-state index in [-0.39, 0.29) is 5.91 Å². The largest absolute Gasteiger partial charge is 0.383 e. The first-order valence-electron chi connectivity index (χ1n) is 5.93. The molecule has 0 radical (unpaired) electrons. The highest BCUT2D eigenvalue weighted by atomic mass is 16.5. The van der Waals surface area contributed by atoms with Gasteiger partial charge in [0.05, 0.1) is 13.2 Å². The number of nitrogens with one attached hydrogen (secondary N) is 2. The second-order valence-electron chi connectivity index (χ2n) is 3.55. The van der Waals surface area contributed by atoms with Gasteiger partial charge in [0.15, 0.2) is 0 Å². The molecule has 0 aromatic heterocycles. The van der Waals surface area contributed by atoms with Crippen LogP contribution in [0.2, 0.25) is 0 Å². The molecule has 5 heteroatoms. The molecule has 16 heavy (non-hydrogen) atoms. The summed E-state index contributed by atoms with van der Waals surface area (Å²) < 4.78 is 4.86. The van der Waals surface area contributed by atoms with Crippen molar-refractivity contribution in [3.63, 3.8) is 0 Å². The fourth-order valence-corrected chi connectivity index (χ4v) is 1.33. The van der Waals surface area contributed by atoms with Gasteiger partial charge in [0.1, 0.15) is 0 Å². The van der Waals surface area contributed by atoms with Crippen LogP contribution in [0.25, 0.3) is 0 Å². The van der Waals surface area contributed by atoms with Crippen LogP contribution in [0.3, 0.4) is 0 Å². The van der Waals surface area contributed by atoms with Gasteiger partial charge in [0, 0.05) is 26.7 Å². The first-order chi connectivity index (χ1) is 7.74. The topological polar surface area (TPSA) is 53.6 Å². The van der Waals surface area contributed by atoms with Gasteiger partial charge in [-0.25, -0.2) is 0 Å². The van der Waals surface area contributed by atoms with Gasteiger partial charge in [0.25, 0.3) is 0 Å². The number of carbonyl (C=O) groups is 1. The molecule has 0 aromatic carbocycles. The first-order valence-corrected chi connectivity index (χ1v) is 5.93. The maximum absolute atomic E-state index is 11.3. The molecular formula is C11H25N3O2. The molecule has 0 saturated carbocycles. The highest BCUT2D eigenvalue weighted by Gasteiger charge is 2.01. The first kappa shape index (κ1) is 15.3. The van der Waals surface area contributed by atoms with Crippen molar-refractivity contribution in [3.05, 3.63) is 0 Å². The molecule has 0 aliphatic carbocycles. The van der Waals surface area contributed by atoms with E-state index in [9.17, 15) is 4.79 Å². The van der Waals surface area contributed by atoms with Gasteiger partial charge in [0.2, 0.25) is 5.91 Å². The van der Waals surface area contributed by atoms with E-state index < -0.39 is 0 Å². The average Bonchev–Trinajstić information content (AvgIpc) is 2.30. The summed E-state index contributed by atoms with van der Waals surface area (Å²) in [6.45, 7) is 9.63. The van der Waals surface area contributed by atoms with E-state index in [1.165, 1.54) is 0 Å². The Morgan fingerprint density at radius 3 is 2.50 bits per heavy atom. The Morgan fingerprint density at radius 1 is 1.25 bits per heavy atom. The van der Waals surface area contributed by atoms with Gasteiger partial charge in [-0.05, 0) is 13.1 Å². The van der Waals surface area contributed by atoms with Crippen LogP contribution in [-0.2, 0) is 9.53 Å². The highest BCUT2D eigenvalue weighted by molar-refractivity contribution is 5.77. The van der Waals surface area contributed by atoms with Gasteiger partial charge in [-0.15, -0.1) is 0 Å². The van der Waals surface area contributed by atoms with E-state index in [4.69, 9.17) is 4.74 Å². The molecule has 96 valence electrons. The lowest BCUT2D eigenvalue weighted by Crippen LogP contribution is -2.39.